The number of benzene rings is 1. The minimum Gasteiger partial charge on any atom is -0.408 e. The van der Waals surface area contributed by atoms with E-state index in [-0.39, 0.29) is 6.04 Å². The highest BCUT2D eigenvalue weighted by molar-refractivity contribution is 5.85. The summed E-state index contributed by atoms with van der Waals surface area (Å²) in [6.07, 6.45) is 1.63. The molecular formula is C12H14N6O2. The largest absolute Gasteiger partial charge is 0.417 e. The number of anilines is 2. The molecule has 3 rings (SSSR count). The maximum Gasteiger partial charge on any atom is 0.417 e. The zero-order valence-corrected chi connectivity index (χ0v) is 11.0. The van der Waals surface area contributed by atoms with Crippen molar-refractivity contribution in [2.75, 3.05) is 11.1 Å². The van der Waals surface area contributed by atoms with E-state index in [4.69, 9.17) is 10.2 Å². The summed E-state index contributed by atoms with van der Waals surface area (Å²) in [6.45, 7) is 1.95. The average Bonchev–Trinajstić information content (AvgIpc) is 2.94. The van der Waals surface area contributed by atoms with Crippen molar-refractivity contribution >= 4 is 22.5 Å². The summed E-state index contributed by atoms with van der Waals surface area (Å²) < 4.78 is 6.78. The third-order valence-corrected chi connectivity index (χ3v) is 3.10. The van der Waals surface area contributed by atoms with E-state index in [1.807, 2.05) is 18.5 Å². The standard InChI is InChI=1S/C12H14N6O2/c1-6(11-17-14-5-18(11)2)15-8-4-9-10(3-7(8)13)20-12(19)16-9/h3-6,15H,13H2,1-2H3,(H,16,19). The molecule has 1 atom stereocenters. The van der Waals surface area contributed by atoms with Gasteiger partial charge < -0.3 is 20.0 Å². The Kier molecular flexibility index (Phi) is 2.70. The zero-order valence-electron chi connectivity index (χ0n) is 11.0. The molecule has 0 fully saturated rings. The molecule has 8 heteroatoms. The van der Waals surface area contributed by atoms with Crippen molar-refractivity contribution in [2.24, 2.45) is 7.05 Å². The van der Waals surface area contributed by atoms with Gasteiger partial charge in [0.25, 0.3) is 0 Å². The maximum absolute atomic E-state index is 11.2. The van der Waals surface area contributed by atoms with Crippen LogP contribution in [0.1, 0.15) is 18.8 Å². The number of hydrogen-bond acceptors (Lipinski definition) is 6. The molecule has 0 radical (unpaired) electrons. The predicted molar refractivity (Wildman–Crippen MR) is 74.3 cm³/mol. The third kappa shape index (κ3) is 2.00. The maximum atomic E-state index is 11.2. The highest BCUT2D eigenvalue weighted by Gasteiger charge is 2.14. The Morgan fingerprint density at radius 2 is 2.30 bits per heavy atom. The number of nitrogens with zero attached hydrogens (tertiary/aromatic N) is 3. The van der Waals surface area contributed by atoms with Crippen LogP contribution in [0.2, 0.25) is 0 Å². The molecule has 3 aromatic rings. The Hall–Kier alpha value is -2.77. The first-order valence-corrected chi connectivity index (χ1v) is 6.07. The number of nitrogens with two attached hydrogens (primary N) is 1. The lowest BCUT2D eigenvalue weighted by Gasteiger charge is -2.15. The van der Waals surface area contributed by atoms with Crippen molar-refractivity contribution in [2.45, 2.75) is 13.0 Å². The van der Waals surface area contributed by atoms with Crippen molar-refractivity contribution in [3.63, 3.8) is 0 Å². The Bertz CT molecular complexity index is 815. The summed E-state index contributed by atoms with van der Waals surface area (Å²) >= 11 is 0. The van der Waals surface area contributed by atoms with Crippen LogP contribution in [0.15, 0.2) is 27.7 Å². The Morgan fingerprint density at radius 3 is 3.00 bits per heavy atom. The fourth-order valence-electron chi connectivity index (χ4n) is 2.12. The van der Waals surface area contributed by atoms with Gasteiger partial charge in [-0.25, -0.2) is 4.79 Å². The molecule has 1 aromatic carbocycles. The molecule has 0 bridgehead atoms. The van der Waals surface area contributed by atoms with Gasteiger partial charge in [0.15, 0.2) is 11.4 Å². The summed E-state index contributed by atoms with van der Waals surface area (Å²) in [6, 6.07) is 3.27. The van der Waals surface area contributed by atoms with E-state index >= 15 is 0 Å². The van der Waals surface area contributed by atoms with E-state index in [0.29, 0.717) is 22.5 Å². The molecule has 0 saturated heterocycles. The lowest BCUT2D eigenvalue weighted by molar-refractivity contribution is 0.555. The van der Waals surface area contributed by atoms with Crippen LogP contribution in [-0.2, 0) is 7.05 Å². The number of oxazole rings is 1. The number of nitrogens with one attached hydrogen (secondary N) is 2. The second-order valence-electron chi connectivity index (χ2n) is 4.62. The van der Waals surface area contributed by atoms with Gasteiger partial charge in [-0.15, -0.1) is 10.2 Å². The van der Waals surface area contributed by atoms with Crippen LogP contribution in [0.5, 0.6) is 0 Å². The summed E-state index contributed by atoms with van der Waals surface area (Å²) in [5, 5.41) is 11.1. The normalized spacial score (nSPS) is 12.7. The van der Waals surface area contributed by atoms with Gasteiger partial charge in [0.05, 0.1) is 22.9 Å². The van der Waals surface area contributed by atoms with Crippen LogP contribution >= 0.6 is 0 Å². The molecule has 0 aliphatic rings. The highest BCUT2D eigenvalue weighted by Crippen LogP contribution is 2.27. The van der Waals surface area contributed by atoms with Gasteiger partial charge in [0.2, 0.25) is 0 Å². The molecule has 20 heavy (non-hydrogen) atoms. The van der Waals surface area contributed by atoms with Crippen LogP contribution in [-0.4, -0.2) is 19.7 Å². The number of aromatic nitrogens is 4. The molecule has 104 valence electrons. The van der Waals surface area contributed by atoms with Crippen molar-refractivity contribution in [1.29, 1.82) is 0 Å². The first kappa shape index (κ1) is 12.3. The van der Waals surface area contributed by atoms with Gasteiger partial charge in [-0.2, -0.15) is 0 Å². The first-order valence-electron chi connectivity index (χ1n) is 6.07. The molecule has 1 unspecified atom stereocenters. The van der Waals surface area contributed by atoms with Crippen molar-refractivity contribution < 1.29 is 4.42 Å². The molecule has 0 amide bonds. The fraction of sp³-hybridized carbons (Fsp3) is 0.250. The third-order valence-electron chi connectivity index (χ3n) is 3.10. The predicted octanol–water partition coefficient (Wildman–Crippen LogP) is 1.00. The second kappa shape index (κ2) is 4.41. The van der Waals surface area contributed by atoms with Crippen LogP contribution in [0.3, 0.4) is 0 Å². The SMILES string of the molecule is CC(Nc1cc2[nH]c(=O)oc2cc1N)c1nncn1C. The van der Waals surface area contributed by atoms with Gasteiger partial charge >= 0.3 is 5.76 Å². The van der Waals surface area contributed by atoms with Crippen LogP contribution in [0.25, 0.3) is 11.1 Å². The molecule has 4 N–H and O–H groups in total. The monoisotopic (exact) mass is 274 g/mol. The van der Waals surface area contributed by atoms with E-state index in [1.54, 1.807) is 18.5 Å². The van der Waals surface area contributed by atoms with Crippen molar-refractivity contribution in [3.8, 4) is 0 Å². The molecule has 0 aliphatic heterocycles. The van der Waals surface area contributed by atoms with Gasteiger partial charge in [-0.1, -0.05) is 0 Å². The lowest BCUT2D eigenvalue weighted by atomic mass is 10.2. The topological polar surface area (TPSA) is 115 Å². The Labute approximate surface area is 113 Å². The second-order valence-corrected chi connectivity index (χ2v) is 4.62. The van der Waals surface area contributed by atoms with Crippen LogP contribution in [0, 0.1) is 0 Å². The summed E-state index contributed by atoms with van der Waals surface area (Å²) in [7, 11) is 1.87. The highest BCUT2D eigenvalue weighted by atomic mass is 16.4. The van der Waals surface area contributed by atoms with Crippen molar-refractivity contribution in [3.05, 3.63) is 34.8 Å². The number of hydrogen-bond donors (Lipinski definition) is 3. The summed E-state index contributed by atoms with van der Waals surface area (Å²) in [5.74, 6) is 0.281. The van der Waals surface area contributed by atoms with Crippen molar-refractivity contribution in [1.82, 2.24) is 19.7 Å². The molecule has 8 nitrogen and oxygen atoms in total. The van der Waals surface area contributed by atoms with Gasteiger partial charge in [-0.3, -0.25) is 4.98 Å². The Morgan fingerprint density at radius 1 is 1.50 bits per heavy atom. The summed E-state index contributed by atoms with van der Waals surface area (Å²) in [4.78, 5) is 13.8. The number of fused-ring (bicyclic) bond motifs is 1. The molecule has 2 heterocycles. The molecule has 2 aromatic heterocycles. The van der Waals surface area contributed by atoms with Gasteiger partial charge in [0, 0.05) is 13.1 Å². The minimum atomic E-state index is -0.502. The number of rotatable bonds is 3. The summed E-state index contributed by atoms with van der Waals surface area (Å²) in [5.41, 5.74) is 8.18. The van der Waals surface area contributed by atoms with Gasteiger partial charge in [-0.05, 0) is 13.0 Å². The number of nitrogen functional groups attached to an aromatic ring is 1. The number of aromatic amines is 1. The first-order chi connectivity index (χ1) is 9.54. The number of H-pyrrole nitrogens is 1. The molecule has 0 spiro atoms. The number of aryl methyl sites for hydroxylation is 1. The quantitative estimate of drug-likeness (QED) is 0.614. The van der Waals surface area contributed by atoms with E-state index in [0.717, 1.165) is 5.82 Å². The smallest absolute Gasteiger partial charge is 0.408 e. The zero-order chi connectivity index (χ0) is 14.3. The molecule has 0 aliphatic carbocycles. The van der Waals surface area contributed by atoms with Gasteiger partial charge in [0.1, 0.15) is 6.33 Å². The fourth-order valence-corrected chi connectivity index (χ4v) is 2.12. The van der Waals surface area contributed by atoms with E-state index in [9.17, 15) is 4.79 Å². The molecular weight excluding hydrogens is 260 g/mol. The van der Waals surface area contributed by atoms with E-state index < -0.39 is 5.76 Å². The van der Waals surface area contributed by atoms with Crippen LogP contribution in [0.4, 0.5) is 11.4 Å². The molecule has 0 saturated carbocycles. The van der Waals surface area contributed by atoms with E-state index in [2.05, 4.69) is 20.5 Å². The average molecular weight is 274 g/mol. The minimum absolute atomic E-state index is 0.0825. The van der Waals surface area contributed by atoms with E-state index in [1.165, 1.54) is 0 Å². The van der Waals surface area contributed by atoms with Crippen LogP contribution < -0.4 is 16.8 Å². The lowest BCUT2D eigenvalue weighted by Crippen LogP contribution is -2.13. The Balaban J connectivity index is 1.96.